The van der Waals surface area contributed by atoms with Crippen LogP contribution in [0, 0.1) is 0 Å². The molecule has 3 N–H and O–H groups in total. The Balaban J connectivity index is 1.75. The van der Waals surface area contributed by atoms with Crippen LogP contribution in [-0.2, 0) is 0 Å². The molecule has 1 aliphatic rings. The van der Waals surface area contributed by atoms with Crippen molar-refractivity contribution in [2.75, 3.05) is 17.7 Å². The first-order chi connectivity index (χ1) is 14.2. The Labute approximate surface area is 175 Å². The number of carbonyl (C=O) groups excluding carboxylic acids is 1. The molecular weight excluding hydrogens is 386 g/mol. The van der Waals surface area contributed by atoms with Crippen LogP contribution in [0.25, 0.3) is 5.65 Å². The highest BCUT2D eigenvalue weighted by atomic mass is 19.1. The first-order valence-electron chi connectivity index (χ1n) is 9.00. The minimum atomic E-state index is -1.76. The van der Waals surface area contributed by atoms with Crippen LogP contribution in [0.4, 0.5) is 21.7 Å². The SMILES string of the molecule is [B]C([B])([B])Nc1cc(Nc2cccnc2OC)nc2c(C(=O)N[C@H]3C[C@H]3F)cnn12. The molecule has 146 valence electrons. The van der Waals surface area contributed by atoms with E-state index in [0.29, 0.717) is 17.4 Å². The summed E-state index contributed by atoms with van der Waals surface area (Å²) in [6, 6.07) is 4.50. The van der Waals surface area contributed by atoms with Crippen molar-refractivity contribution < 1.29 is 13.9 Å². The quantitative estimate of drug-likeness (QED) is 0.488. The Morgan fingerprint density at radius 2 is 2.17 bits per heavy atom. The highest BCUT2D eigenvalue weighted by Gasteiger charge is 2.39. The number of nitrogens with one attached hydrogen (secondary N) is 3. The lowest BCUT2D eigenvalue weighted by molar-refractivity contribution is 0.0949. The number of amides is 1. The van der Waals surface area contributed by atoms with Gasteiger partial charge in [-0.2, -0.15) is 9.61 Å². The molecule has 0 saturated heterocycles. The molecule has 0 unspecified atom stereocenters. The molecule has 4 rings (SSSR count). The van der Waals surface area contributed by atoms with Gasteiger partial charge in [-0.3, -0.25) is 4.79 Å². The third-order valence-electron chi connectivity index (χ3n) is 4.32. The van der Waals surface area contributed by atoms with Crippen molar-refractivity contribution in [3.63, 3.8) is 0 Å². The first-order valence-corrected chi connectivity index (χ1v) is 9.00. The molecule has 2 atom stereocenters. The number of ether oxygens (including phenoxy) is 1. The zero-order valence-electron chi connectivity index (χ0n) is 16.0. The van der Waals surface area contributed by atoms with Gasteiger partial charge >= 0.3 is 0 Å². The van der Waals surface area contributed by atoms with Gasteiger partial charge in [0.1, 0.15) is 29.1 Å². The van der Waals surface area contributed by atoms with Crippen molar-refractivity contribution in [2.45, 2.75) is 23.9 Å². The topological polar surface area (TPSA) is 105 Å². The van der Waals surface area contributed by atoms with Crippen LogP contribution in [0.1, 0.15) is 16.8 Å². The van der Waals surface area contributed by atoms with E-state index in [1.54, 1.807) is 24.4 Å². The van der Waals surface area contributed by atoms with Gasteiger partial charge in [-0.05, 0) is 12.1 Å². The van der Waals surface area contributed by atoms with E-state index >= 15 is 0 Å². The number of fused-ring (bicyclic) bond motifs is 1. The number of halogens is 1. The molecule has 9 nitrogen and oxygen atoms in total. The van der Waals surface area contributed by atoms with Crippen LogP contribution in [0.3, 0.4) is 0 Å². The number of nitrogens with zero attached hydrogens (tertiary/aromatic N) is 4. The average molecular weight is 401 g/mol. The van der Waals surface area contributed by atoms with Crippen molar-refractivity contribution in [3.05, 3.63) is 36.2 Å². The summed E-state index contributed by atoms with van der Waals surface area (Å²) in [5.41, 5.74) is 0.866. The van der Waals surface area contributed by atoms with Gasteiger partial charge in [0, 0.05) is 18.7 Å². The van der Waals surface area contributed by atoms with Crippen LogP contribution in [0.15, 0.2) is 30.6 Å². The molecule has 0 aromatic carbocycles. The van der Waals surface area contributed by atoms with E-state index in [1.165, 1.54) is 17.8 Å². The molecular formula is C17H15B3FN7O2. The van der Waals surface area contributed by atoms with E-state index in [9.17, 15) is 9.18 Å². The monoisotopic (exact) mass is 401 g/mol. The summed E-state index contributed by atoms with van der Waals surface area (Å²) in [5, 5.41) is 10.8. The van der Waals surface area contributed by atoms with Gasteiger partial charge in [0.15, 0.2) is 5.65 Å². The largest absolute Gasteiger partial charge is 0.480 e. The molecule has 0 bridgehead atoms. The van der Waals surface area contributed by atoms with Crippen molar-refractivity contribution in [1.29, 1.82) is 0 Å². The number of rotatable bonds is 7. The highest BCUT2D eigenvalue weighted by molar-refractivity contribution is 6.60. The van der Waals surface area contributed by atoms with Gasteiger partial charge in [0.25, 0.3) is 5.91 Å². The lowest BCUT2D eigenvalue weighted by Gasteiger charge is -2.24. The van der Waals surface area contributed by atoms with E-state index in [-0.39, 0.29) is 23.4 Å². The molecule has 3 aromatic heterocycles. The number of hydrogen-bond acceptors (Lipinski definition) is 7. The standard InChI is InChI=1S/C17H15B3FN7O2/c1-30-16-10(3-2-4-22-16)24-12-6-13(27-17(18,19)20)28-14(26-12)8(7-23-28)15(29)25-11-5-9(11)21/h2-4,6-7,9,11,27H,5H2,1H3,(H,24,26)(H,25,29)/t9-,11+/m1/s1. The van der Waals surface area contributed by atoms with Crippen LogP contribution >= 0.6 is 0 Å². The number of anilines is 3. The number of methoxy groups -OCH3 is 1. The minimum absolute atomic E-state index is 0.149. The van der Waals surface area contributed by atoms with Gasteiger partial charge < -0.3 is 20.7 Å². The predicted molar refractivity (Wildman–Crippen MR) is 111 cm³/mol. The maximum atomic E-state index is 13.2. The second-order valence-corrected chi connectivity index (χ2v) is 6.90. The molecule has 0 aliphatic heterocycles. The van der Waals surface area contributed by atoms with Crippen LogP contribution in [0.5, 0.6) is 5.88 Å². The van der Waals surface area contributed by atoms with E-state index in [2.05, 4.69) is 31.0 Å². The predicted octanol–water partition coefficient (Wildman–Crippen LogP) is 0.245. The molecule has 30 heavy (non-hydrogen) atoms. The summed E-state index contributed by atoms with van der Waals surface area (Å²) in [4.78, 5) is 21.1. The Morgan fingerprint density at radius 3 is 2.83 bits per heavy atom. The second-order valence-electron chi connectivity index (χ2n) is 6.90. The van der Waals surface area contributed by atoms with E-state index in [1.807, 2.05) is 0 Å². The number of pyridine rings is 1. The molecule has 3 aromatic rings. The summed E-state index contributed by atoms with van der Waals surface area (Å²) in [5.74, 6) is 0.425. The summed E-state index contributed by atoms with van der Waals surface area (Å²) >= 11 is 0. The maximum absolute atomic E-state index is 13.2. The average Bonchev–Trinajstić information content (AvgIpc) is 3.19. The highest BCUT2D eigenvalue weighted by Crippen LogP contribution is 2.28. The number of carbonyl (C=O) groups is 1. The fraction of sp³-hybridized carbons (Fsp3) is 0.294. The lowest BCUT2D eigenvalue weighted by atomic mass is 9.49. The number of hydrogen-bond donors (Lipinski definition) is 3. The second kappa shape index (κ2) is 7.54. The molecule has 1 amide bonds. The first kappa shape index (κ1) is 20.1. The summed E-state index contributed by atoms with van der Waals surface area (Å²) in [7, 11) is 18.5. The van der Waals surface area contributed by atoms with Crippen LogP contribution < -0.4 is 20.7 Å². The van der Waals surface area contributed by atoms with Crippen LogP contribution in [-0.4, -0.2) is 73.6 Å². The zero-order chi connectivity index (χ0) is 21.5. The van der Waals surface area contributed by atoms with E-state index in [0.717, 1.165) is 0 Å². The minimum Gasteiger partial charge on any atom is -0.480 e. The third-order valence-corrected chi connectivity index (χ3v) is 4.32. The molecule has 1 saturated carbocycles. The fourth-order valence-corrected chi connectivity index (χ4v) is 2.84. The maximum Gasteiger partial charge on any atom is 0.257 e. The molecule has 1 fully saturated rings. The summed E-state index contributed by atoms with van der Waals surface area (Å²) in [6.07, 6.45) is 2.14. The Hall–Kier alpha value is -3.24. The van der Waals surface area contributed by atoms with Crippen molar-refractivity contribution in [2.24, 2.45) is 0 Å². The van der Waals surface area contributed by atoms with Gasteiger partial charge in [-0.1, -0.05) is 5.24 Å². The third kappa shape index (κ3) is 4.19. The fourth-order valence-electron chi connectivity index (χ4n) is 2.84. The molecule has 1 aliphatic carbocycles. The molecule has 3 heterocycles. The number of alkyl halides is 1. The summed E-state index contributed by atoms with van der Waals surface area (Å²) < 4.78 is 19.7. The Bertz CT molecular complexity index is 1100. The zero-order valence-corrected chi connectivity index (χ0v) is 16.0. The Kier molecular flexibility index (Phi) is 5.04. The van der Waals surface area contributed by atoms with Crippen molar-refractivity contribution in [1.82, 2.24) is 24.9 Å². The van der Waals surface area contributed by atoms with E-state index in [4.69, 9.17) is 28.3 Å². The molecule has 6 radical (unpaired) electrons. The smallest absolute Gasteiger partial charge is 0.257 e. The lowest BCUT2D eigenvalue weighted by Crippen LogP contribution is -2.40. The van der Waals surface area contributed by atoms with Gasteiger partial charge in [0.2, 0.25) is 5.88 Å². The van der Waals surface area contributed by atoms with E-state index < -0.39 is 23.4 Å². The van der Waals surface area contributed by atoms with Crippen molar-refractivity contribution >= 4 is 52.4 Å². The van der Waals surface area contributed by atoms with Crippen molar-refractivity contribution in [3.8, 4) is 5.88 Å². The van der Waals surface area contributed by atoms with Gasteiger partial charge in [-0.25, -0.2) is 14.4 Å². The summed E-state index contributed by atoms with van der Waals surface area (Å²) in [6.45, 7) is 0. The normalized spacial score (nSPS) is 18.1. The molecule has 13 heteroatoms. The Morgan fingerprint density at radius 1 is 1.40 bits per heavy atom. The molecule has 0 spiro atoms. The van der Waals surface area contributed by atoms with Crippen LogP contribution in [0.2, 0.25) is 0 Å². The van der Waals surface area contributed by atoms with Gasteiger partial charge in [0.05, 0.1) is 42.9 Å². The number of aromatic nitrogens is 4. The van der Waals surface area contributed by atoms with Gasteiger partial charge in [-0.15, -0.1) is 0 Å².